The molecule has 8 atom stereocenters. The first-order valence-electron chi connectivity index (χ1n) is 9.69. The third kappa shape index (κ3) is 2.70. The van der Waals surface area contributed by atoms with Gasteiger partial charge in [-0.3, -0.25) is 0 Å². The second kappa shape index (κ2) is 6.00. The lowest BCUT2D eigenvalue weighted by molar-refractivity contribution is -0.258. The Morgan fingerprint density at radius 2 is 2.04 bits per heavy atom. The van der Waals surface area contributed by atoms with E-state index in [1.165, 1.54) is 0 Å². The highest BCUT2D eigenvalue weighted by Gasteiger charge is 2.77. The van der Waals surface area contributed by atoms with Crippen LogP contribution in [-0.2, 0) is 28.5 Å². The van der Waals surface area contributed by atoms with Crippen LogP contribution in [-0.4, -0.2) is 66.2 Å². The standard InChI is InChI=1S/C20H30O7/c1-10(2)9-24-12-7-18(4)13(23-6)8-20(22,27-18)19(5)16(26-19)15-14(12)11(3)17(21)25-15/h10,12-16,22H,3,7-9H2,1-2,4-6H3/t12-,13-,14-,15+,16+,18+,19+,20+/m1/s1. The van der Waals surface area contributed by atoms with E-state index in [-0.39, 0.29) is 24.5 Å². The largest absolute Gasteiger partial charge is 0.455 e. The molecule has 152 valence electrons. The van der Waals surface area contributed by atoms with Gasteiger partial charge in [-0.1, -0.05) is 20.4 Å². The predicted octanol–water partition coefficient (Wildman–Crippen LogP) is 1.57. The SMILES string of the molecule is C=C1C(=O)O[C@H]2[C@H]1[C@H](OCC(C)C)C[C@]1(C)O[C@@](O)(C[C@H]1OC)[C@@]1(C)O[C@@H]21. The number of carbonyl (C=O) groups excluding carboxylic acids is 1. The highest BCUT2D eigenvalue weighted by Crippen LogP contribution is 2.60. The van der Waals surface area contributed by atoms with E-state index >= 15 is 0 Å². The first-order chi connectivity index (χ1) is 12.5. The first kappa shape index (κ1) is 19.3. The van der Waals surface area contributed by atoms with Crippen molar-refractivity contribution in [1.29, 1.82) is 0 Å². The molecule has 0 aromatic carbocycles. The topological polar surface area (TPSA) is 86.8 Å². The van der Waals surface area contributed by atoms with Gasteiger partial charge < -0.3 is 28.8 Å². The zero-order valence-corrected chi connectivity index (χ0v) is 16.7. The number of aliphatic hydroxyl groups is 1. The number of rotatable bonds is 4. The van der Waals surface area contributed by atoms with E-state index in [1.807, 2.05) is 6.92 Å². The molecular formula is C20H30O7. The zero-order valence-electron chi connectivity index (χ0n) is 16.7. The molecule has 0 saturated carbocycles. The Morgan fingerprint density at radius 1 is 1.33 bits per heavy atom. The van der Waals surface area contributed by atoms with Crippen LogP contribution in [0.5, 0.6) is 0 Å². The number of fused-ring (bicyclic) bond motifs is 6. The minimum atomic E-state index is -1.51. The molecule has 0 aromatic rings. The molecule has 7 heteroatoms. The Kier molecular flexibility index (Phi) is 4.30. The summed E-state index contributed by atoms with van der Waals surface area (Å²) in [4.78, 5) is 12.3. The smallest absolute Gasteiger partial charge is 0.334 e. The van der Waals surface area contributed by atoms with Crippen molar-refractivity contribution < 1.29 is 33.6 Å². The van der Waals surface area contributed by atoms with Crippen molar-refractivity contribution in [3.8, 4) is 0 Å². The summed E-state index contributed by atoms with van der Waals surface area (Å²) >= 11 is 0. The normalized spacial score (nSPS) is 51.3. The molecule has 4 heterocycles. The van der Waals surface area contributed by atoms with Crippen molar-refractivity contribution >= 4 is 5.97 Å². The van der Waals surface area contributed by atoms with Crippen LogP contribution in [0.2, 0.25) is 0 Å². The Bertz CT molecular complexity index is 663. The third-order valence-electron chi connectivity index (χ3n) is 6.67. The third-order valence-corrected chi connectivity index (χ3v) is 6.67. The molecule has 0 aliphatic carbocycles. The zero-order chi connectivity index (χ0) is 19.8. The summed E-state index contributed by atoms with van der Waals surface area (Å²) in [6, 6.07) is 0. The van der Waals surface area contributed by atoms with E-state index in [9.17, 15) is 9.90 Å². The number of carbonyl (C=O) groups is 1. The average Bonchev–Trinajstić information content (AvgIpc) is 3.09. The fourth-order valence-corrected chi connectivity index (χ4v) is 4.99. The summed E-state index contributed by atoms with van der Waals surface area (Å²) < 4.78 is 29.7. The second-order valence-electron chi connectivity index (χ2n) is 9.16. The van der Waals surface area contributed by atoms with Crippen LogP contribution >= 0.6 is 0 Å². The van der Waals surface area contributed by atoms with E-state index in [2.05, 4.69) is 20.4 Å². The van der Waals surface area contributed by atoms with Crippen LogP contribution in [0.3, 0.4) is 0 Å². The summed E-state index contributed by atoms with van der Waals surface area (Å²) in [5, 5.41) is 11.3. The van der Waals surface area contributed by atoms with Crippen molar-refractivity contribution in [1.82, 2.24) is 0 Å². The van der Waals surface area contributed by atoms with Gasteiger partial charge in [0.1, 0.15) is 17.8 Å². The first-order valence-corrected chi connectivity index (χ1v) is 9.69. The number of hydrogen-bond donors (Lipinski definition) is 1. The number of methoxy groups -OCH3 is 1. The van der Waals surface area contributed by atoms with Gasteiger partial charge in [0.2, 0.25) is 5.79 Å². The average molecular weight is 382 g/mol. The van der Waals surface area contributed by atoms with Crippen LogP contribution in [0.4, 0.5) is 0 Å². The molecule has 0 spiro atoms. The molecule has 0 amide bonds. The summed E-state index contributed by atoms with van der Waals surface area (Å²) in [6.45, 7) is 12.4. The predicted molar refractivity (Wildman–Crippen MR) is 94.8 cm³/mol. The number of hydrogen-bond acceptors (Lipinski definition) is 7. The fourth-order valence-electron chi connectivity index (χ4n) is 4.99. The highest BCUT2D eigenvalue weighted by molar-refractivity contribution is 5.91. The van der Waals surface area contributed by atoms with Crippen LogP contribution in [0, 0.1) is 11.8 Å². The van der Waals surface area contributed by atoms with Crippen molar-refractivity contribution in [2.45, 2.75) is 81.9 Å². The molecule has 4 rings (SSSR count). The number of epoxide rings is 1. The Morgan fingerprint density at radius 3 is 2.67 bits per heavy atom. The summed E-state index contributed by atoms with van der Waals surface area (Å²) in [5.41, 5.74) is -1.36. The molecule has 4 saturated heterocycles. The summed E-state index contributed by atoms with van der Waals surface area (Å²) in [7, 11) is 1.62. The van der Waals surface area contributed by atoms with E-state index in [0.717, 1.165) is 0 Å². The monoisotopic (exact) mass is 382 g/mol. The quantitative estimate of drug-likeness (QED) is 0.449. The van der Waals surface area contributed by atoms with E-state index in [1.54, 1.807) is 14.0 Å². The molecular weight excluding hydrogens is 352 g/mol. The van der Waals surface area contributed by atoms with Crippen LogP contribution in [0.1, 0.15) is 40.5 Å². The highest BCUT2D eigenvalue weighted by atomic mass is 16.7. The van der Waals surface area contributed by atoms with Gasteiger partial charge in [-0.2, -0.15) is 0 Å². The summed E-state index contributed by atoms with van der Waals surface area (Å²) in [5.74, 6) is -1.95. The lowest BCUT2D eigenvalue weighted by Crippen LogP contribution is -2.48. The molecule has 4 aliphatic heterocycles. The molecule has 2 bridgehead atoms. The molecule has 4 aliphatic rings. The maximum atomic E-state index is 12.3. The van der Waals surface area contributed by atoms with Gasteiger partial charge in [0, 0.05) is 32.1 Å². The number of esters is 1. The van der Waals surface area contributed by atoms with Crippen LogP contribution in [0.15, 0.2) is 12.2 Å². The molecule has 1 N–H and O–H groups in total. The molecule has 4 fully saturated rings. The fraction of sp³-hybridized carbons (Fsp3) is 0.850. The Hall–Kier alpha value is -0.990. The lowest BCUT2D eigenvalue weighted by Gasteiger charge is -2.36. The second-order valence-corrected chi connectivity index (χ2v) is 9.16. The minimum absolute atomic E-state index is 0.288. The molecule has 0 aromatic heterocycles. The van der Waals surface area contributed by atoms with Crippen LogP contribution in [0.25, 0.3) is 0 Å². The van der Waals surface area contributed by atoms with E-state index in [0.29, 0.717) is 24.5 Å². The van der Waals surface area contributed by atoms with Gasteiger partial charge in [-0.05, 0) is 19.8 Å². The Labute approximate surface area is 159 Å². The lowest BCUT2D eigenvalue weighted by atomic mass is 9.78. The van der Waals surface area contributed by atoms with Crippen molar-refractivity contribution in [2.24, 2.45) is 11.8 Å². The molecule has 0 unspecified atom stereocenters. The van der Waals surface area contributed by atoms with Crippen molar-refractivity contribution in [2.75, 3.05) is 13.7 Å². The minimum Gasteiger partial charge on any atom is -0.455 e. The maximum Gasteiger partial charge on any atom is 0.334 e. The van der Waals surface area contributed by atoms with Gasteiger partial charge in [0.25, 0.3) is 0 Å². The molecule has 7 nitrogen and oxygen atoms in total. The van der Waals surface area contributed by atoms with Gasteiger partial charge in [0.15, 0.2) is 0 Å². The van der Waals surface area contributed by atoms with Gasteiger partial charge in [-0.15, -0.1) is 0 Å². The number of ether oxygens (including phenoxy) is 5. The Balaban J connectivity index is 1.76. The molecule has 0 radical (unpaired) electrons. The van der Waals surface area contributed by atoms with Gasteiger partial charge in [0.05, 0.1) is 23.7 Å². The van der Waals surface area contributed by atoms with Crippen LogP contribution < -0.4 is 0 Å². The maximum absolute atomic E-state index is 12.3. The van der Waals surface area contributed by atoms with E-state index < -0.39 is 35.2 Å². The van der Waals surface area contributed by atoms with E-state index in [4.69, 9.17) is 23.7 Å². The molecule has 27 heavy (non-hydrogen) atoms. The summed E-state index contributed by atoms with van der Waals surface area (Å²) in [6.07, 6.45) is -0.941. The van der Waals surface area contributed by atoms with Crippen molar-refractivity contribution in [3.05, 3.63) is 12.2 Å². The van der Waals surface area contributed by atoms with Gasteiger partial charge >= 0.3 is 5.97 Å². The van der Waals surface area contributed by atoms with Gasteiger partial charge in [-0.25, -0.2) is 4.79 Å². The van der Waals surface area contributed by atoms with Crippen molar-refractivity contribution in [3.63, 3.8) is 0 Å².